The molecule has 0 atom stereocenters. The Kier molecular flexibility index (Phi) is 3.42. The Bertz CT molecular complexity index is 1330. The van der Waals surface area contributed by atoms with E-state index in [1.54, 1.807) is 0 Å². The summed E-state index contributed by atoms with van der Waals surface area (Å²) in [4.78, 5) is 26.2. The molecule has 0 N–H and O–H groups in total. The quantitative estimate of drug-likeness (QED) is 0.129. The molecule has 0 unspecified atom stereocenters. The lowest BCUT2D eigenvalue weighted by Crippen LogP contribution is -2.30. The zero-order valence-corrected chi connectivity index (χ0v) is 13.3. The Hall–Kier alpha value is -4.94. The van der Waals surface area contributed by atoms with E-state index in [-0.39, 0.29) is 44.8 Å². The first-order valence-electron chi connectivity index (χ1n) is 7.23. The lowest BCUT2D eigenvalue weighted by Gasteiger charge is -1.98. The van der Waals surface area contributed by atoms with Crippen LogP contribution in [-0.2, 0) is 0 Å². The Morgan fingerprint density at radius 3 is 2.29 bits per heavy atom. The summed E-state index contributed by atoms with van der Waals surface area (Å²) in [6.07, 6.45) is 0. The van der Waals surface area contributed by atoms with Crippen molar-refractivity contribution in [3.63, 3.8) is 0 Å². The van der Waals surface area contributed by atoms with Gasteiger partial charge in [0.1, 0.15) is 5.69 Å². The molecule has 16 nitrogen and oxygen atoms in total. The maximum Gasteiger partial charge on any atom is 0.274 e. The molecule has 2 heterocycles. The van der Waals surface area contributed by atoms with Gasteiger partial charge in [-0.2, -0.15) is 4.63 Å². The molecular weight excluding hydrogens is 376 g/mol. The van der Waals surface area contributed by atoms with Crippen molar-refractivity contribution < 1.29 is 14.5 Å². The fourth-order valence-corrected chi connectivity index (χ4v) is 2.73. The number of fused-ring (bicyclic) bond motifs is 5. The number of nitro groups is 2. The molecule has 0 saturated carbocycles. The van der Waals surface area contributed by atoms with Gasteiger partial charge in [-0.1, -0.05) is 10.2 Å². The molecule has 0 aliphatic rings. The van der Waals surface area contributed by atoms with Crippen LogP contribution in [0, 0.1) is 20.2 Å². The number of aromatic nitrogens is 4. The fourth-order valence-electron chi connectivity index (χ4n) is 2.73. The molecule has 0 fully saturated rings. The molecule has 0 amide bonds. The lowest BCUT2D eigenvalue weighted by atomic mass is 10.2. The number of nitro benzene ring substituents is 2. The number of nitrogens with zero attached hydrogens (tertiary/aromatic N) is 12. The molecule has 0 radical (unpaired) electrons. The van der Waals surface area contributed by atoms with Gasteiger partial charge in [0.05, 0.1) is 27.1 Å². The van der Waals surface area contributed by atoms with Gasteiger partial charge in [-0.25, -0.2) is 0 Å². The number of azide groups is 2. The monoisotopic (exact) mass is 380 g/mol. The van der Waals surface area contributed by atoms with E-state index in [0.29, 0.717) is 0 Å². The third-order valence-corrected chi connectivity index (χ3v) is 3.84. The molecule has 136 valence electrons. The number of non-ortho nitro benzene ring substituents is 2. The van der Waals surface area contributed by atoms with Gasteiger partial charge in [0.15, 0.2) is 5.52 Å². The van der Waals surface area contributed by atoms with E-state index in [2.05, 4.69) is 30.2 Å². The van der Waals surface area contributed by atoms with Gasteiger partial charge in [0.2, 0.25) is 5.52 Å². The van der Waals surface area contributed by atoms with Crippen molar-refractivity contribution in [3.8, 4) is 0 Å². The summed E-state index contributed by atoms with van der Waals surface area (Å²) in [7, 11) is 0. The first-order valence-corrected chi connectivity index (χ1v) is 7.23. The highest BCUT2D eigenvalue weighted by Crippen LogP contribution is 2.32. The highest BCUT2D eigenvalue weighted by Gasteiger charge is 2.22. The third-order valence-electron chi connectivity index (χ3n) is 3.84. The predicted octanol–water partition coefficient (Wildman–Crippen LogP) is 2.88. The number of hydrogen-bond donors (Lipinski definition) is 0. The van der Waals surface area contributed by atoms with Gasteiger partial charge < -0.3 is 0 Å². The van der Waals surface area contributed by atoms with E-state index in [0.717, 1.165) is 33.5 Å². The van der Waals surface area contributed by atoms with Crippen LogP contribution in [-0.4, -0.2) is 19.6 Å². The summed E-state index contributed by atoms with van der Waals surface area (Å²) in [5, 5.41) is 37.6. The van der Waals surface area contributed by atoms with E-state index in [1.807, 2.05) is 0 Å². The van der Waals surface area contributed by atoms with Crippen LogP contribution in [0.2, 0.25) is 0 Å². The van der Waals surface area contributed by atoms with Gasteiger partial charge in [-0.15, -0.1) is 4.63 Å². The predicted molar refractivity (Wildman–Crippen MR) is 90.1 cm³/mol. The van der Waals surface area contributed by atoms with Crippen LogP contribution in [0.3, 0.4) is 0 Å². The Morgan fingerprint density at radius 2 is 1.64 bits per heavy atom. The van der Waals surface area contributed by atoms with Crippen LogP contribution >= 0.6 is 0 Å². The van der Waals surface area contributed by atoms with Crippen LogP contribution in [0.5, 0.6) is 0 Å². The number of benzene rings is 2. The van der Waals surface area contributed by atoms with Crippen molar-refractivity contribution >= 4 is 44.8 Å². The van der Waals surface area contributed by atoms with Crippen LogP contribution in [0.1, 0.15) is 0 Å². The number of rotatable bonds is 4. The Morgan fingerprint density at radius 1 is 1.04 bits per heavy atom. The normalized spacial score (nSPS) is 10.7. The summed E-state index contributed by atoms with van der Waals surface area (Å²) in [6, 6.07) is 4.41. The molecule has 2 aromatic heterocycles. The van der Waals surface area contributed by atoms with E-state index < -0.39 is 9.85 Å². The molecule has 16 heteroatoms. The number of hydrogen-bond acceptors (Lipinski definition) is 7. The minimum atomic E-state index is -0.682. The minimum absolute atomic E-state index is 0.0923. The largest absolute Gasteiger partial charge is 0.274 e. The molecule has 0 aliphatic heterocycles. The molecule has 0 aliphatic carbocycles. The van der Waals surface area contributed by atoms with Crippen molar-refractivity contribution in [1.82, 2.24) is 14.8 Å². The topological polar surface area (TPSA) is 219 Å². The van der Waals surface area contributed by atoms with E-state index in [1.165, 1.54) is 0 Å². The van der Waals surface area contributed by atoms with Crippen LogP contribution in [0.25, 0.3) is 43.0 Å². The molecule has 28 heavy (non-hydrogen) atoms. The summed E-state index contributed by atoms with van der Waals surface area (Å²) in [6.45, 7) is 0. The summed E-state index contributed by atoms with van der Waals surface area (Å²) < 4.78 is 2.26. The smallest absolute Gasteiger partial charge is 0.270 e. The lowest BCUT2D eigenvalue weighted by molar-refractivity contribution is -0.654. The molecule has 0 bridgehead atoms. The SMILES string of the molecule is [N-]=[N+]=Nc1cc([N+](=O)[O-])cc2c1nn1c3cc([N+](=O)[O-])cc(N=[N+]=[N-])c3[n-][n+]21. The van der Waals surface area contributed by atoms with E-state index in [4.69, 9.17) is 11.1 Å². The standard InChI is InChI=1S/C12H4N12O4/c13-19-15-7-1-5(23(25)26)3-9-11(7)17-22-10-4-6(24(27)28)2-8(16-20-14)12(10)18-21(9)22/h1-4H. The van der Waals surface area contributed by atoms with Crippen molar-refractivity contribution in [2.45, 2.75) is 0 Å². The third kappa shape index (κ3) is 2.27. The highest BCUT2D eigenvalue weighted by molar-refractivity contribution is 5.90. The summed E-state index contributed by atoms with van der Waals surface area (Å²) in [5.74, 6) is 0. The van der Waals surface area contributed by atoms with Crippen LogP contribution in [0.4, 0.5) is 22.7 Å². The zero-order valence-electron chi connectivity index (χ0n) is 13.3. The molecule has 0 saturated heterocycles. The first kappa shape index (κ1) is 16.5. The van der Waals surface area contributed by atoms with Gasteiger partial charge in [-0.3, -0.25) is 25.3 Å². The second-order valence-corrected chi connectivity index (χ2v) is 5.34. The first-order chi connectivity index (χ1) is 13.4. The average molecular weight is 380 g/mol. The van der Waals surface area contributed by atoms with E-state index >= 15 is 0 Å². The molecule has 2 aromatic carbocycles. The molecule has 4 aromatic rings. The Balaban J connectivity index is 2.21. The average Bonchev–Trinajstić information content (AvgIpc) is 3.19. The van der Waals surface area contributed by atoms with E-state index in [9.17, 15) is 20.2 Å². The maximum atomic E-state index is 11.2. The van der Waals surface area contributed by atoms with Gasteiger partial charge in [0.25, 0.3) is 11.4 Å². The van der Waals surface area contributed by atoms with Gasteiger partial charge in [0, 0.05) is 33.5 Å². The Labute approximate surface area is 150 Å². The molecular formula is C12H4N12O4. The molecule has 4 rings (SSSR count). The van der Waals surface area contributed by atoms with Crippen LogP contribution in [0.15, 0.2) is 34.5 Å². The second-order valence-electron chi connectivity index (χ2n) is 5.34. The summed E-state index contributed by atoms with van der Waals surface area (Å²) in [5.41, 5.74) is 16.9. The fraction of sp³-hybridized carbons (Fsp3) is 0. The second kappa shape index (κ2) is 5.80. The maximum absolute atomic E-state index is 11.2. The molecule has 0 spiro atoms. The van der Waals surface area contributed by atoms with Gasteiger partial charge in [-0.05, 0) is 16.2 Å². The van der Waals surface area contributed by atoms with Crippen molar-refractivity contribution in [2.75, 3.05) is 0 Å². The minimum Gasteiger partial charge on any atom is -0.270 e. The van der Waals surface area contributed by atoms with Crippen molar-refractivity contribution in [2.24, 2.45) is 10.2 Å². The zero-order chi connectivity index (χ0) is 20.0. The highest BCUT2D eigenvalue weighted by atomic mass is 16.6. The van der Waals surface area contributed by atoms with Crippen molar-refractivity contribution in [3.05, 3.63) is 65.4 Å². The summed E-state index contributed by atoms with van der Waals surface area (Å²) >= 11 is 0. The van der Waals surface area contributed by atoms with Crippen LogP contribution < -0.4 is 9.73 Å². The van der Waals surface area contributed by atoms with Crippen molar-refractivity contribution in [1.29, 1.82) is 0 Å². The van der Waals surface area contributed by atoms with Gasteiger partial charge >= 0.3 is 0 Å².